The molecule has 31 heavy (non-hydrogen) atoms. The molecular weight excluding hydrogens is 399 g/mol. The van der Waals surface area contributed by atoms with Crippen molar-refractivity contribution in [1.82, 2.24) is 10.2 Å². The molecule has 2 aromatic rings. The highest BCUT2D eigenvalue weighted by Gasteiger charge is 2.41. The van der Waals surface area contributed by atoms with Crippen LogP contribution in [0.15, 0.2) is 42.5 Å². The lowest BCUT2D eigenvalue weighted by atomic mass is 9.87. The number of hydrogen-bond donors (Lipinski definition) is 1. The van der Waals surface area contributed by atoms with Gasteiger partial charge in [-0.15, -0.1) is 0 Å². The maximum Gasteiger partial charge on any atom is 0.253 e. The highest BCUT2D eigenvalue weighted by atomic mass is 19.1. The first-order valence-electron chi connectivity index (χ1n) is 10.5. The summed E-state index contributed by atoms with van der Waals surface area (Å²) in [4.78, 5) is 27.7. The Labute approximate surface area is 182 Å². The monoisotopic (exact) mass is 428 g/mol. The van der Waals surface area contributed by atoms with E-state index in [2.05, 4.69) is 12.2 Å². The van der Waals surface area contributed by atoms with E-state index < -0.39 is 11.7 Å². The van der Waals surface area contributed by atoms with Crippen molar-refractivity contribution in [2.45, 2.75) is 25.7 Å². The van der Waals surface area contributed by atoms with Crippen molar-refractivity contribution >= 4 is 11.8 Å². The number of halogens is 1. The number of benzene rings is 2. The van der Waals surface area contributed by atoms with Crippen molar-refractivity contribution in [1.29, 1.82) is 0 Å². The Morgan fingerprint density at radius 2 is 1.84 bits per heavy atom. The first kappa shape index (κ1) is 22.6. The normalized spacial score (nSPS) is 18.0. The van der Waals surface area contributed by atoms with E-state index in [0.717, 1.165) is 18.4 Å². The van der Waals surface area contributed by atoms with Crippen molar-refractivity contribution in [2.75, 3.05) is 33.9 Å². The summed E-state index contributed by atoms with van der Waals surface area (Å²) in [6, 6.07) is 10.9. The van der Waals surface area contributed by atoms with Crippen LogP contribution >= 0.6 is 0 Å². The molecule has 2 aromatic carbocycles. The van der Waals surface area contributed by atoms with E-state index in [9.17, 15) is 14.0 Å². The van der Waals surface area contributed by atoms with Crippen LogP contribution < -0.4 is 14.8 Å². The molecule has 0 aliphatic carbocycles. The smallest absolute Gasteiger partial charge is 0.253 e. The average molecular weight is 429 g/mol. The fourth-order valence-corrected chi connectivity index (χ4v) is 3.97. The van der Waals surface area contributed by atoms with Crippen LogP contribution in [0.25, 0.3) is 0 Å². The van der Waals surface area contributed by atoms with Crippen LogP contribution in [0.1, 0.15) is 41.6 Å². The minimum absolute atomic E-state index is 0.0854. The second kappa shape index (κ2) is 10.3. The Hall–Kier alpha value is -3.09. The van der Waals surface area contributed by atoms with Crippen molar-refractivity contribution in [3.8, 4) is 11.5 Å². The molecule has 1 N–H and O–H groups in total. The standard InChI is InChI=1S/C24H29FN2O4/c1-4-5-12-26-23(28)21-15-27(24(29)16-6-8-17(25)9-7-16)14-20(21)19-13-18(30-2)10-11-22(19)31-3/h6-11,13,20-21H,4-5,12,14-15H2,1-3H3,(H,26,28)/t20-,21-/m0/s1. The van der Waals surface area contributed by atoms with Gasteiger partial charge in [0.25, 0.3) is 5.91 Å². The SMILES string of the molecule is CCCCNC(=O)[C@H]1CN(C(=O)c2ccc(F)cc2)C[C@H]1c1cc(OC)ccc1OC. The molecule has 0 aromatic heterocycles. The molecule has 0 radical (unpaired) electrons. The molecule has 3 rings (SSSR count). The van der Waals surface area contributed by atoms with Crippen molar-refractivity contribution in [3.63, 3.8) is 0 Å². The highest BCUT2D eigenvalue weighted by Crippen LogP contribution is 2.40. The van der Waals surface area contributed by atoms with Gasteiger partial charge in [0.1, 0.15) is 17.3 Å². The molecule has 166 valence electrons. The van der Waals surface area contributed by atoms with Crippen LogP contribution in [0.3, 0.4) is 0 Å². The van der Waals surface area contributed by atoms with Gasteiger partial charge >= 0.3 is 0 Å². The first-order chi connectivity index (χ1) is 15.0. The van der Waals surface area contributed by atoms with Gasteiger partial charge in [-0.25, -0.2) is 4.39 Å². The number of carbonyl (C=O) groups excluding carboxylic acids is 2. The van der Waals surface area contributed by atoms with Crippen molar-refractivity contribution in [3.05, 3.63) is 59.4 Å². The minimum atomic E-state index is -0.428. The second-order valence-corrected chi connectivity index (χ2v) is 7.68. The van der Waals surface area contributed by atoms with E-state index in [1.807, 2.05) is 12.1 Å². The summed E-state index contributed by atoms with van der Waals surface area (Å²) in [5.74, 6) is -0.0885. The lowest BCUT2D eigenvalue weighted by Gasteiger charge is -2.21. The summed E-state index contributed by atoms with van der Waals surface area (Å²) in [5, 5.41) is 3.00. The molecule has 7 heteroatoms. The van der Waals surface area contributed by atoms with Crippen LogP contribution in [-0.2, 0) is 4.79 Å². The topological polar surface area (TPSA) is 67.9 Å². The van der Waals surface area contributed by atoms with Crippen LogP contribution in [0.2, 0.25) is 0 Å². The lowest BCUT2D eigenvalue weighted by Crippen LogP contribution is -2.36. The molecule has 1 aliphatic rings. The van der Waals surface area contributed by atoms with Gasteiger partial charge in [0.05, 0.1) is 20.1 Å². The Morgan fingerprint density at radius 1 is 1.10 bits per heavy atom. The summed E-state index contributed by atoms with van der Waals surface area (Å²) in [5.41, 5.74) is 1.22. The zero-order valence-corrected chi connectivity index (χ0v) is 18.2. The summed E-state index contributed by atoms with van der Waals surface area (Å²) >= 11 is 0. The predicted octanol–water partition coefficient (Wildman–Crippen LogP) is 3.62. The number of rotatable bonds is 8. The molecule has 1 aliphatic heterocycles. The summed E-state index contributed by atoms with van der Waals surface area (Å²) in [7, 11) is 3.16. The maximum atomic E-state index is 13.3. The third-order valence-corrected chi connectivity index (χ3v) is 5.70. The minimum Gasteiger partial charge on any atom is -0.497 e. The Balaban J connectivity index is 1.91. The van der Waals surface area contributed by atoms with Gasteiger partial charge in [-0.05, 0) is 48.9 Å². The van der Waals surface area contributed by atoms with E-state index >= 15 is 0 Å². The third-order valence-electron chi connectivity index (χ3n) is 5.70. The van der Waals surface area contributed by atoms with Crippen molar-refractivity contribution < 1.29 is 23.5 Å². The molecule has 0 unspecified atom stereocenters. The molecule has 2 amide bonds. The van der Waals surface area contributed by atoms with E-state index in [0.29, 0.717) is 30.2 Å². The molecular formula is C24H29FN2O4. The average Bonchev–Trinajstić information content (AvgIpc) is 3.24. The van der Waals surface area contributed by atoms with Crippen LogP contribution in [0.5, 0.6) is 11.5 Å². The number of likely N-dealkylation sites (tertiary alicyclic amines) is 1. The molecule has 0 saturated carbocycles. The largest absolute Gasteiger partial charge is 0.497 e. The predicted molar refractivity (Wildman–Crippen MR) is 116 cm³/mol. The molecule has 1 heterocycles. The van der Waals surface area contributed by atoms with Gasteiger partial charge in [0.2, 0.25) is 5.91 Å². The lowest BCUT2D eigenvalue weighted by molar-refractivity contribution is -0.124. The molecule has 6 nitrogen and oxygen atoms in total. The maximum absolute atomic E-state index is 13.3. The van der Waals surface area contributed by atoms with Gasteiger partial charge in [-0.1, -0.05) is 13.3 Å². The zero-order chi connectivity index (χ0) is 22.4. The summed E-state index contributed by atoms with van der Waals surface area (Å²) in [6.45, 7) is 3.29. The Bertz CT molecular complexity index is 916. The van der Waals surface area contributed by atoms with Crippen LogP contribution in [0.4, 0.5) is 4.39 Å². The quantitative estimate of drug-likeness (QED) is 0.652. The Morgan fingerprint density at radius 3 is 2.48 bits per heavy atom. The fraction of sp³-hybridized carbons (Fsp3) is 0.417. The molecule has 0 bridgehead atoms. The number of carbonyl (C=O) groups is 2. The van der Waals surface area contributed by atoms with Gasteiger partial charge in [0, 0.05) is 36.7 Å². The fourth-order valence-electron chi connectivity index (χ4n) is 3.97. The van der Waals surface area contributed by atoms with Gasteiger partial charge < -0.3 is 19.7 Å². The van der Waals surface area contributed by atoms with E-state index in [1.165, 1.54) is 24.3 Å². The number of nitrogens with one attached hydrogen (secondary N) is 1. The number of unbranched alkanes of at least 4 members (excludes halogenated alkanes) is 1. The zero-order valence-electron chi connectivity index (χ0n) is 18.2. The van der Waals surface area contributed by atoms with E-state index in [1.54, 1.807) is 25.2 Å². The second-order valence-electron chi connectivity index (χ2n) is 7.68. The van der Waals surface area contributed by atoms with E-state index in [4.69, 9.17) is 9.47 Å². The highest BCUT2D eigenvalue weighted by molar-refractivity contribution is 5.95. The number of methoxy groups -OCH3 is 2. The van der Waals surface area contributed by atoms with Gasteiger partial charge in [-0.3, -0.25) is 9.59 Å². The van der Waals surface area contributed by atoms with E-state index in [-0.39, 0.29) is 24.3 Å². The van der Waals surface area contributed by atoms with Crippen LogP contribution in [0, 0.1) is 11.7 Å². The summed E-state index contributed by atoms with van der Waals surface area (Å²) < 4.78 is 24.2. The van der Waals surface area contributed by atoms with Gasteiger partial charge in [-0.2, -0.15) is 0 Å². The van der Waals surface area contributed by atoms with Crippen molar-refractivity contribution in [2.24, 2.45) is 5.92 Å². The number of hydrogen-bond acceptors (Lipinski definition) is 4. The third kappa shape index (κ3) is 5.16. The molecule has 0 spiro atoms. The number of amides is 2. The van der Waals surface area contributed by atoms with Gasteiger partial charge in [0.15, 0.2) is 0 Å². The summed E-state index contributed by atoms with van der Waals surface area (Å²) in [6.07, 6.45) is 1.87. The first-order valence-corrected chi connectivity index (χ1v) is 10.5. The van der Waals surface area contributed by atoms with Crippen LogP contribution in [-0.4, -0.2) is 50.6 Å². The molecule has 2 atom stereocenters. The molecule has 1 fully saturated rings. The number of nitrogens with zero attached hydrogens (tertiary/aromatic N) is 1. The molecule has 1 saturated heterocycles. The Kier molecular flexibility index (Phi) is 7.50. The number of ether oxygens (including phenoxy) is 2.